The number of rotatable bonds is 3. The number of aliphatic hydroxyl groups is 2. The molecule has 1 saturated heterocycles. The van der Waals surface area contributed by atoms with E-state index in [-0.39, 0.29) is 13.2 Å². The maximum absolute atomic E-state index is 9.24. The molecule has 0 aromatic heterocycles. The Morgan fingerprint density at radius 2 is 2.22 bits per heavy atom. The molecular weight excluding hydrogens is 228 g/mol. The Balaban J connectivity index is 2.24. The van der Waals surface area contributed by atoms with Crippen LogP contribution in [-0.4, -0.2) is 29.9 Å². The zero-order chi connectivity index (χ0) is 13.0. The van der Waals surface area contributed by atoms with Gasteiger partial charge in [0, 0.05) is 19.7 Å². The lowest BCUT2D eigenvalue weighted by Crippen LogP contribution is -2.37. The van der Waals surface area contributed by atoms with Crippen LogP contribution in [0.1, 0.15) is 24.0 Å². The van der Waals surface area contributed by atoms with Gasteiger partial charge in [0.05, 0.1) is 17.9 Å². The molecule has 18 heavy (non-hydrogen) atoms. The molecule has 1 aromatic carbocycles. The second-order valence-electron chi connectivity index (χ2n) is 4.76. The molecule has 0 amide bonds. The summed E-state index contributed by atoms with van der Waals surface area (Å²) >= 11 is 0. The van der Waals surface area contributed by atoms with E-state index in [1.807, 2.05) is 12.1 Å². The quantitative estimate of drug-likeness (QED) is 0.842. The fourth-order valence-corrected chi connectivity index (χ4v) is 2.48. The van der Waals surface area contributed by atoms with Crippen LogP contribution in [0.4, 0.5) is 5.69 Å². The molecular formula is C14H18N2O2. The van der Waals surface area contributed by atoms with E-state index in [1.165, 1.54) is 0 Å². The van der Waals surface area contributed by atoms with E-state index in [0.717, 1.165) is 37.2 Å². The zero-order valence-electron chi connectivity index (χ0n) is 10.3. The van der Waals surface area contributed by atoms with Crippen molar-refractivity contribution in [3.8, 4) is 6.07 Å². The fraction of sp³-hybridized carbons (Fsp3) is 0.500. The summed E-state index contributed by atoms with van der Waals surface area (Å²) in [5.41, 5.74) is 2.26. The summed E-state index contributed by atoms with van der Waals surface area (Å²) in [7, 11) is 0. The first kappa shape index (κ1) is 12.9. The van der Waals surface area contributed by atoms with Crippen molar-refractivity contribution in [2.75, 3.05) is 24.6 Å². The van der Waals surface area contributed by atoms with E-state index in [0.29, 0.717) is 11.5 Å². The highest BCUT2D eigenvalue weighted by Crippen LogP contribution is 2.26. The first-order chi connectivity index (χ1) is 8.78. The Hall–Kier alpha value is -1.57. The molecule has 2 N–H and O–H groups in total. The van der Waals surface area contributed by atoms with Crippen LogP contribution < -0.4 is 4.90 Å². The lowest BCUT2D eigenvalue weighted by atomic mass is 9.97. The average Bonchev–Trinajstić information content (AvgIpc) is 2.46. The van der Waals surface area contributed by atoms with E-state index in [2.05, 4.69) is 11.0 Å². The molecule has 0 saturated carbocycles. The van der Waals surface area contributed by atoms with Gasteiger partial charge in [0.15, 0.2) is 0 Å². The number of nitriles is 1. The Bertz CT molecular complexity index is 454. The number of aliphatic hydroxyl groups excluding tert-OH is 2. The highest BCUT2D eigenvalue weighted by atomic mass is 16.3. The van der Waals surface area contributed by atoms with Crippen LogP contribution in [0.25, 0.3) is 0 Å². The minimum Gasteiger partial charge on any atom is -0.396 e. The summed E-state index contributed by atoms with van der Waals surface area (Å²) in [6.07, 6.45) is 2.08. The summed E-state index contributed by atoms with van der Waals surface area (Å²) < 4.78 is 0. The monoisotopic (exact) mass is 246 g/mol. The van der Waals surface area contributed by atoms with Crippen LogP contribution >= 0.6 is 0 Å². The number of hydrogen-bond donors (Lipinski definition) is 2. The first-order valence-electron chi connectivity index (χ1n) is 6.28. The van der Waals surface area contributed by atoms with E-state index in [4.69, 9.17) is 5.11 Å². The Morgan fingerprint density at radius 1 is 1.39 bits per heavy atom. The number of piperidine rings is 1. The van der Waals surface area contributed by atoms with Gasteiger partial charge in [-0.3, -0.25) is 0 Å². The Kier molecular flexibility index (Phi) is 4.19. The molecule has 1 aliphatic heterocycles. The molecule has 1 aliphatic rings. The van der Waals surface area contributed by atoms with E-state index in [1.54, 1.807) is 6.07 Å². The highest BCUT2D eigenvalue weighted by Gasteiger charge is 2.21. The summed E-state index contributed by atoms with van der Waals surface area (Å²) in [4.78, 5) is 2.16. The molecule has 2 rings (SSSR count). The normalized spacial score (nSPS) is 19.6. The molecule has 0 spiro atoms. The summed E-state index contributed by atoms with van der Waals surface area (Å²) in [6, 6.07) is 7.66. The number of nitrogens with zero attached hydrogens (tertiary/aromatic N) is 2. The smallest absolute Gasteiger partial charge is 0.101 e. The number of benzene rings is 1. The third-order valence-electron chi connectivity index (χ3n) is 3.48. The standard InChI is InChI=1S/C14H18N2O2/c15-7-13-6-11(9-17)3-4-14(13)16-5-1-2-12(8-16)10-18/h3-4,6,12,17-18H,1-2,5,8-10H2. The molecule has 4 heteroatoms. The number of hydrogen-bond acceptors (Lipinski definition) is 4. The van der Waals surface area contributed by atoms with Crippen molar-refractivity contribution in [2.24, 2.45) is 5.92 Å². The third-order valence-corrected chi connectivity index (χ3v) is 3.48. The second kappa shape index (κ2) is 5.85. The molecule has 4 nitrogen and oxygen atoms in total. The van der Waals surface area contributed by atoms with Crippen LogP contribution in [0.2, 0.25) is 0 Å². The molecule has 0 aliphatic carbocycles. The van der Waals surface area contributed by atoms with Gasteiger partial charge in [0.1, 0.15) is 6.07 Å². The van der Waals surface area contributed by atoms with Crippen LogP contribution in [0, 0.1) is 17.2 Å². The van der Waals surface area contributed by atoms with Crippen molar-refractivity contribution in [1.29, 1.82) is 5.26 Å². The SMILES string of the molecule is N#Cc1cc(CO)ccc1N1CCCC(CO)C1. The molecule has 1 atom stereocenters. The van der Waals surface area contributed by atoms with Gasteiger partial charge in [-0.2, -0.15) is 5.26 Å². The molecule has 1 aromatic rings. The van der Waals surface area contributed by atoms with Crippen molar-refractivity contribution >= 4 is 5.69 Å². The predicted octanol–water partition coefficient (Wildman–Crippen LogP) is 1.26. The topological polar surface area (TPSA) is 67.5 Å². The van der Waals surface area contributed by atoms with E-state index in [9.17, 15) is 10.4 Å². The van der Waals surface area contributed by atoms with Crippen molar-refractivity contribution in [3.05, 3.63) is 29.3 Å². The third kappa shape index (κ3) is 2.63. The van der Waals surface area contributed by atoms with Crippen molar-refractivity contribution in [2.45, 2.75) is 19.4 Å². The Morgan fingerprint density at radius 3 is 2.89 bits per heavy atom. The van der Waals surface area contributed by atoms with E-state index < -0.39 is 0 Å². The van der Waals surface area contributed by atoms with Gasteiger partial charge in [-0.1, -0.05) is 6.07 Å². The second-order valence-corrected chi connectivity index (χ2v) is 4.76. The minimum atomic E-state index is -0.0474. The fourth-order valence-electron chi connectivity index (χ4n) is 2.48. The molecule has 1 unspecified atom stereocenters. The van der Waals surface area contributed by atoms with Gasteiger partial charge < -0.3 is 15.1 Å². The van der Waals surface area contributed by atoms with Gasteiger partial charge in [-0.25, -0.2) is 0 Å². The van der Waals surface area contributed by atoms with Crippen molar-refractivity contribution in [1.82, 2.24) is 0 Å². The molecule has 0 bridgehead atoms. The summed E-state index contributed by atoms with van der Waals surface area (Å²) in [6.45, 7) is 1.87. The Labute approximate surface area is 107 Å². The largest absolute Gasteiger partial charge is 0.396 e. The molecule has 0 radical (unpaired) electrons. The van der Waals surface area contributed by atoms with Gasteiger partial charge in [0.25, 0.3) is 0 Å². The van der Waals surface area contributed by atoms with E-state index >= 15 is 0 Å². The van der Waals surface area contributed by atoms with Crippen LogP contribution in [-0.2, 0) is 6.61 Å². The first-order valence-corrected chi connectivity index (χ1v) is 6.28. The zero-order valence-corrected chi connectivity index (χ0v) is 10.3. The maximum atomic E-state index is 9.24. The predicted molar refractivity (Wildman–Crippen MR) is 69.1 cm³/mol. The lowest BCUT2D eigenvalue weighted by Gasteiger charge is -2.34. The minimum absolute atomic E-state index is 0.0474. The lowest BCUT2D eigenvalue weighted by molar-refractivity contribution is 0.208. The van der Waals surface area contributed by atoms with Crippen molar-refractivity contribution < 1.29 is 10.2 Å². The molecule has 96 valence electrons. The summed E-state index contributed by atoms with van der Waals surface area (Å²) in [5, 5.41) is 27.5. The summed E-state index contributed by atoms with van der Waals surface area (Å²) in [5.74, 6) is 0.294. The van der Waals surface area contributed by atoms with Gasteiger partial charge >= 0.3 is 0 Å². The van der Waals surface area contributed by atoms with Crippen molar-refractivity contribution in [3.63, 3.8) is 0 Å². The van der Waals surface area contributed by atoms with Gasteiger partial charge in [0.2, 0.25) is 0 Å². The number of anilines is 1. The van der Waals surface area contributed by atoms with Crippen LogP contribution in [0.3, 0.4) is 0 Å². The van der Waals surface area contributed by atoms with Crippen LogP contribution in [0.15, 0.2) is 18.2 Å². The van der Waals surface area contributed by atoms with Gasteiger partial charge in [-0.15, -0.1) is 0 Å². The van der Waals surface area contributed by atoms with Crippen LogP contribution in [0.5, 0.6) is 0 Å². The molecule has 1 heterocycles. The van der Waals surface area contributed by atoms with Gasteiger partial charge in [-0.05, 0) is 36.5 Å². The maximum Gasteiger partial charge on any atom is 0.101 e. The average molecular weight is 246 g/mol. The molecule has 1 fully saturated rings. The highest BCUT2D eigenvalue weighted by molar-refractivity contribution is 5.60.